The number of rotatable bonds is 4. The van der Waals surface area contributed by atoms with Crippen molar-refractivity contribution in [3.8, 4) is 0 Å². The van der Waals surface area contributed by atoms with Crippen LogP contribution in [0.4, 0.5) is 5.82 Å². The van der Waals surface area contributed by atoms with Crippen molar-refractivity contribution in [3.05, 3.63) is 58.3 Å². The van der Waals surface area contributed by atoms with E-state index in [4.69, 9.17) is 0 Å². The molecule has 4 heteroatoms. The van der Waals surface area contributed by atoms with Gasteiger partial charge in [-0.15, -0.1) is 0 Å². The van der Waals surface area contributed by atoms with Crippen molar-refractivity contribution < 1.29 is 9.59 Å². The van der Waals surface area contributed by atoms with E-state index < -0.39 is 0 Å². The summed E-state index contributed by atoms with van der Waals surface area (Å²) in [6.07, 6.45) is 9.88. The summed E-state index contributed by atoms with van der Waals surface area (Å²) < 4.78 is 0. The van der Waals surface area contributed by atoms with Gasteiger partial charge in [0.2, 0.25) is 0 Å². The molecule has 0 radical (unpaired) electrons. The van der Waals surface area contributed by atoms with Crippen molar-refractivity contribution in [3.63, 3.8) is 0 Å². The number of amides is 1. The highest BCUT2D eigenvalue weighted by Gasteiger charge is 2.36. The number of nitrogens with one attached hydrogen (secondary N) is 1. The fourth-order valence-electron chi connectivity index (χ4n) is 4.69. The molecule has 0 aliphatic heterocycles. The summed E-state index contributed by atoms with van der Waals surface area (Å²) in [7, 11) is 0. The van der Waals surface area contributed by atoms with Gasteiger partial charge in [-0.05, 0) is 84.4 Å². The number of hydrogen-bond acceptors (Lipinski definition) is 3. The third-order valence-corrected chi connectivity index (χ3v) is 5.90. The van der Waals surface area contributed by atoms with Crippen LogP contribution >= 0.6 is 0 Å². The average Bonchev–Trinajstić information content (AvgIpc) is 2.63. The number of anilines is 1. The first-order valence-electron chi connectivity index (χ1n) is 9.45. The molecule has 0 unspecified atom stereocenters. The molecule has 2 aliphatic carbocycles. The van der Waals surface area contributed by atoms with Crippen LogP contribution < -0.4 is 5.32 Å². The van der Waals surface area contributed by atoms with Crippen LogP contribution in [0.2, 0.25) is 0 Å². The summed E-state index contributed by atoms with van der Waals surface area (Å²) in [4.78, 5) is 27.5. The molecule has 1 N–H and O–H groups in total. The van der Waals surface area contributed by atoms with E-state index in [1.165, 1.54) is 42.4 Å². The Morgan fingerprint density at radius 2 is 1.88 bits per heavy atom. The number of nitrogens with zero attached hydrogens (tertiary/aromatic N) is 1. The van der Waals surface area contributed by atoms with Crippen LogP contribution in [0.25, 0.3) is 0 Å². The largest absolute Gasteiger partial charge is 0.307 e. The summed E-state index contributed by atoms with van der Waals surface area (Å²) >= 11 is 0. The van der Waals surface area contributed by atoms with Gasteiger partial charge in [-0.2, -0.15) is 0 Å². The van der Waals surface area contributed by atoms with Gasteiger partial charge >= 0.3 is 0 Å². The van der Waals surface area contributed by atoms with Gasteiger partial charge in [0.05, 0.1) is 0 Å². The van der Waals surface area contributed by atoms with Crippen LogP contribution in [0.1, 0.15) is 65.2 Å². The number of hydrogen-bond donors (Lipinski definition) is 1. The zero-order valence-electron chi connectivity index (χ0n) is 15.2. The van der Waals surface area contributed by atoms with Gasteiger partial charge in [0.25, 0.3) is 5.91 Å². The summed E-state index contributed by atoms with van der Waals surface area (Å²) in [5.74, 6) is 0.401. The molecule has 0 saturated heterocycles. The molecule has 1 heterocycles. The maximum absolute atomic E-state index is 12.8. The zero-order valence-corrected chi connectivity index (χ0v) is 15.2. The SMILES string of the molecule is CC12CCCc3cc(C(=O)Nc4ccc(CC=O)cn4)cc(c31)CCC2. The summed E-state index contributed by atoms with van der Waals surface area (Å²) in [6, 6.07) is 7.73. The lowest BCUT2D eigenvalue weighted by Gasteiger charge is -2.41. The highest BCUT2D eigenvalue weighted by atomic mass is 16.1. The Labute approximate surface area is 154 Å². The van der Waals surface area contributed by atoms with E-state index in [9.17, 15) is 9.59 Å². The van der Waals surface area contributed by atoms with Crippen molar-refractivity contribution in [2.45, 2.75) is 57.3 Å². The van der Waals surface area contributed by atoms with E-state index >= 15 is 0 Å². The highest BCUT2D eigenvalue weighted by molar-refractivity contribution is 6.04. The normalized spacial score (nSPS) is 17.3. The van der Waals surface area contributed by atoms with Crippen molar-refractivity contribution in [1.29, 1.82) is 0 Å². The standard InChI is InChI=1S/C22H24N2O2/c1-22-9-2-4-16-12-18(13-17(20(16)22)5-3-10-22)21(26)24-19-7-6-15(8-11-25)14-23-19/h6-7,11-14H,2-5,8-10H2,1H3,(H,23,24,26). The van der Waals surface area contributed by atoms with Gasteiger partial charge < -0.3 is 10.1 Å². The maximum Gasteiger partial charge on any atom is 0.256 e. The summed E-state index contributed by atoms with van der Waals surface area (Å²) in [5, 5.41) is 2.89. The fraction of sp³-hybridized carbons (Fsp3) is 0.409. The number of aryl methyl sites for hydroxylation is 2. The fourth-order valence-corrected chi connectivity index (χ4v) is 4.69. The molecule has 134 valence electrons. The molecular formula is C22H24N2O2. The van der Waals surface area contributed by atoms with Crippen LogP contribution in [-0.2, 0) is 29.5 Å². The highest BCUT2D eigenvalue weighted by Crippen LogP contribution is 2.46. The van der Waals surface area contributed by atoms with Crippen LogP contribution in [0.5, 0.6) is 0 Å². The van der Waals surface area contributed by atoms with E-state index in [0.29, 0.717) is 17.7 Å². The number of aldehydes is 1. The first-order valence-corrected chi connectivity index (χ1v) is 9.45. The lowest BCUT2D eigenvalue weighted by molar-refractivity contribution is -0.107. The van der Waals surface area contributed by atoms with E-state index in [-0.39, 0.29) is 5.91 Å². The number of benzene rings is 1. The van der Waals surface area contributed by atoms with E-state index in [0.717, 1.165) is 30.3 Å². The first kappa shape index (κ1) is 17.0. The number of carbonyl (C=O) groups excluding carboxylic acids is 2. The minimum Gasteiger partial charge on any atom is -0.307 e. The molecule has 0 saturated carbocycles. The molecular weight excluding hydrogens is 324 g/mol. The predicted molar refractivity (Wildman–Crippen MR) is 102 cm³/mol. The molecule has 1 aromatic carbocycles. The van der Waals surface area contributed by atoms with Crippen LogP contribution in [0, 0.1) is 0 Å². The summed E-state index contributed by atoms with van der Waals surface area (Å²) in [6.45, 7) is 2.39. The average molecular weight is 348 g/mol. The van der Waals surface area contributed by atoms with Crippen LogP contribution in [0.15, 0.2) is 30.5 Å². The third kappa shape index (κ3) is 3.05. The first-order chi connectivity index (χ1) is 12.6. The van der Waals surface area contributed by atoms with Gasteiger partial charge in [-0.3, -0.25) is 4.79 Å². The monoisotopic (exact) mass is 348 g/mol. The smallest absolute Gasteiger partial charge is 0.256 e. The Kier molecular flexibility index (Phi) is 4.35. The van der Waals surface area contributed by atoms with Crippen molar-refractivity contribution in [2.75, 3.05) is 5.32 Å². The van der Waals surface area contributed by atoms with Crippen molar-refractivity contribution in [2.24, 2.45) is 0 Å². The molecule has 1 amide bonds. The second kappa shape index (κ2) is 6.67. The molecule has 0 fully saturated rings. The minimum atomic E-state index is -0.113. The Morgan fingerprint density at radius 1 is 1.19 bits per heavy atom. The quantitative estimate of drug-likeness (QED) is 0.850. The molecule has 4 rings (SSSR count). The van der Waals surface area contributed by atoms with Crippen LogP contribution in [0.3, 0.4) is 0 Å². The molecule has 4 nitrogen and oxygen atoms in total. The van der Waals surface area contributed by atoms with Gasteiger partial charge in [-0.1, -0.05) is 13.0 Å². The number of aromatic nitrogens is 1. The molecule has 0 atom stereocenters. The van der Waals surface area contributed by atoms with Gasteiger partial charge in [-0.25, -0.2) is 4.98 Å². The van der Waals surface area contributed by atoms with Crippen molar-refractivity contribution >= 4 is 18.0 Å². The Morgan fingerprint density at radius 3 is 2.46 bits per heavy atom. The van der Waals surface area contributed by atoms with E-state index in [2.05, 4.69) is 29.4 Å². The van der Waals surface area contributed by atoms with Gasteiger partial charge in [0, 0.05) is 18.2 Å². The van der Waals surface area contributed by atoms with Gasteiger partial charge in [0.15, 0.2) is 0 Å². The summed E-state index contributed by atoms with van der Waals surface area (Å²) in [5.41, 5.74) is 6.10. The topological polar surface area (TPSA) is 59.1 Å². The predicted octanol–water partition coefficient (Wildman–Crippen LogP) is 4.01. The zero-order chi connectivity index (χ0) is 18.1. The molecule has 2 aromatic rings. The lowest BCUT2D eigenvalue weighted by Crippen LogP contribution is -2.33. The molecule has 0 bridgehead atoms. The second-order valence-corrected chi connectivity index (χ2v) is 7.81. The van der Waals surface area contributed by atoms with Gasteiger partial charge in [0.1, 0.15) is 12.1 Å². The molecule has 2 aliphatic rings. The molecule has 26 heavy (non-hydrogen) atoms. The second-order valence-electron chi connectivity index (χ2n) is 7.81. The lowest BCUT2D eigenvalue weighted by atomic mass is 9.63. The Hall–Kier alpha value is -2.49. The third-order valence-electron chi connectivity index (χ3n) is 5.90. The Balaban J connectivity index is 1.60. The molecule has 0 spiro atoms. The molecule has 1 aromatic heterocycles. The van der Waals surface area contributed by atoms with E-state index in [1.807, 2.05) is 6.07 Å². The Bertz CT molecular complexity index is 824. The van der Waals surface area contributed by atoms with Crippen molar-refractivity contribution in [1.82, 2.24) is 4.98 Å². The maximum atomic E-state index is 12.8. The van der Waals surface area contributed by atoms with Crippen LogP contribution in [-0.4, -0.2) is 17.2 Å². The van der Waals surface area contributed by atoms with E-state index in [1.54, 1.807) is 12.3 Å². The number of pyridine rings is 1. The number of carbonyl (C=O) groups is 2. The minimum absolute atomic E-state index is 0.113.